The molecular formula is C20H20ClN3O4. The molecule has 146 valence electrons. The van der Waals surface area contributed by atoms with Gasteiger partial charge in [0.1, 0.15) is 18.5 Å². The number of Topliss-reactive ketones (excluding diaryl/α,β-unsaturated/α-hetero) is 1. The number of rotatable bonds is 6. The summed E-state index contributed by atoms with van der Waals surface area (Å²) in [5, 5.41) is 4.71. The summed E-state index contributed by atoms with van der Waals surface area (Å²) in [6, 6.07) is 7.00. The molecule has 0 saturated carbocycles. The fourth-order valence-electron chi connectivity index (χ4n) is 3.15. The zero-order chi connectivity index (χ0) is 19.7. The Kier molecular flexibility index (Phi) is 5.05. The minimum Gasteiger partial charge on any atom is -0.490 e. The highest BCUT2D eigenvalue weighted by Crippen LogP contribution is 2.27. The zero-order valence-electron chi connectivity index (χ0n) is 15.6. The fraction of sp³-hybridized carbons (Fsp3) is 0.350. The first kappa shape index (κ1) is 18.9. The van der Waals surface area contributed by atoms with Gasteiger partial charge in [-0.1, -0.05) is 11.6 Å². The summed E-state index contributed by atoms with van der Waals surface area (Å²) in [6.45, 7) is 4.51. The van der Waals surface area contributed by atoms with Crippen molar-refractivity contribution in [1.29, 1.82) is 0 Å². The third-order valence-electron chi connectivity index (χ3n) is 4.45. The summed E-state index contributed by atoms with van der Waals surface area (Å²) in [7, 11) is 0. The van der Waals surface area contributed by atoms with E-state index in [4.69, 9.17) is 25.8 Å². The summed E-state index contributed by atoms with van der Waals surface area (Å²) in [6.07, 6.45) is 4.87. The number of hydrogen-bond donors (Lipinski definition) is 0. The summed E-state index contributed by atoms with van der Waals surface area (Å²) in [5.41, 5.74) is 1.68. The number of ketones is 1. The lowest BCUT2D eigenvalue weighted by Gasteiger charge is -2.18. The molecule has 28 heavy (non-hydrogen) atoms. The molecule has 2 aromatic heterocycles. The molecule has 7 nitrogen and oxygen atoms in total. The maximum atomic E-state index is 12.9. The molecule has 0 amide bonds. The van der Waals surface area contributed by atoms with Gasteiger partial charge in [-0.3, -0.25) is 4.79 Å². The molecule has 1 aromatic carbocycles. The Morgan fingerprint density at radius 2 is 2.29 bits per heavy atom. The highest BCUT2D eigenvalue weighted by Gasteiger charge is 2.33. The molecule has 1 fully saturated rings. The van der Waals surface area contributed by atoms with Crippen molar-refractivity contribution in [2.24, 2.45) is 0 Å². The van der Waals surface area contributed by atoms with Gasteiger partial charge >= 0.3 is 0 Å². The molecule has 1 saturated heterocycles. The molecule has 0 bridgehead atoms. The fourth-order valence-corrected chi connectivity index (χ4v) is 3.34. The maximum absolute atomic E-state index is 12.9. The van der Waals surface area contributed by atoms with Crippen LogP contribution in [0.5, 0.6) is 5.75 Å². The van der Waals surface area contributed by atoms with Crippen LogP contribution >= 0.6 is 11.6 Å². The van der Waals surface area contributed by atoms with Crippen LogP contribution in [0.15, 0.2) is 42.9 Å². The third-order valence-corrected chi connectivity index (χ3v) is 4.68. The van der Waals surface area contributed by atoms with Crippen LogP contribution in [0.3, 0.4) is 0 Å². The summed E-state index contributed by atoms with van der Waals surface area (Å²) >= 11 is 6.14. The van der Waals surface area contributed by atoms with Gasteiger partial charge in [-0.2, -0.15) is 5.10 Å². The normalized spacial score (nSPS) is 18.5. The van der Waals surface area contributed by atoms with Crippen molar-refractivity contribution in [1.82, 2.24) is 14.6 Å². The molecule has 1 aliphatic heterocycles. The molecule has 0 radical (unpaired) electrons. The largest absolute Gasteiger partial charge is 0.490 e. The van der Waals surface area contributed by atoms with E-state index in [-0.39, 0.29) is 18.3 Å². The van der Waals surface area contributed by atoms with Gasteiger partial charge in [0.2, 0.25) is 0 Å². The Labute approximate surface area is 167 Å². The van der Waals surface area contributed by atoms with Crippen LogP contribution in [-0.2, 0) is 15.9 Å². The molecule has 3 heterocycles. The Bertz CT molecular complexity index is 1020. The first-order chi connectivity index (χ1) is 13.4. The van der Waals surface area contributed by atoms with E-state index in [1.807, 2.05) is 13.8 Å². The van der Waals surface area contributed by atoms with Gasteiger partial charge in [-0.05, 0) is 38.1 Å². The molecule has 8 heteroatoms. The van der Waals surface area contributed by atoms with Crippen molar-refractivity contribution in [3.8, 4) is 5.75 Å². The SMILES string of the molecule is CC1(C)OC[C@H](COc2ccc(Cl)cc2CC(=O)c2cnn3cccnc23)O1. The smallest absolute Gasteiger partial charge is 0.172 e. The molecule has 0 unspecified atom stereocenters. The van der Waals surface area contributed by atoms with Gasteiger partial charge in [0, 0.05) is 29.4 Å². The number of ether oxygens (including phenoxy) is 3. The molecule has 1 aliphatic rings. The van der Waals surface area contributed by atoms with Crippen LogP contribution in [-0.4, -0.2) is 45.5 Å². The van der Waals surface area contributed by atoms with E-state index in [1.165, 1.54) is 6.20 Å². The van der Waals surface area contributed by atoms with Gasteiger partial charge in [-0.25, -0.2) is 9.50 Å². The number of carbonyl (C=O) groups is 1. The topological polar surface area (TPSA) is 75.0 Å². The number of carbonyl (C=O) groups excluding carboxylic acids is 1. The first-order valence-electron chi connectivity index (χ1n) is 8.96. The van der Waals surface area contributed by atoms with Crippen molar-refractivity contribution in [3.05, 3.63) is 59.0 Å². The van der Waals surface area contributed by atoms with Gasteiger partial charge < -0.3 is 14.2 Å². The Morgan fingerprint density at radius 1 is 1.43 bits per heavy atom. The number of halogens is 1. The monoisotopic (exact) mass is 401 g/mol. The molecule has 0 N–H and O–H groups in total. The summed E-state index contributed by atoms with van der Waals surface area (Å²) in [5.74, 6) is -0.124. The van der Waals surface area contributed by atoms with Crippen LogP contribution < -0.4 is 4.74 Å². The second-order valence-electron chi connectivity index (χ2n) is 7.06. The number of nitrogens with zero attached hydrogens (tertiary/aromatic N) is 3. The van der Waals surface area contributed by atoms with Gasteiger partial charge in [-0.15, -0.1) is 0 Å². The quantitative estimate of drug-likeness (QED) is 0.590. The highest BCUT2D eigenvalue weighted by atomic mass is 35.5. The van der Waals surface area contributed by atoms with Crippen molar-refractivity contribution < 1.29 is 19.0 Å². The average Bonchev–Trinajstić information content (AvgIpc) is 3.24. The van der Waals surface area contributed by atoms with Crippen LogP contribution in [0, 0.1) is 0 Å². The summed E-state index contributed by atoms with van der Waals surface area (Å²) in [4.78, 5) is 17.1. The van der Waals surface area contributed by atoms with Gasteiger partial charge in [0.15, 0.2) is 17.2 Å². The van der Waals surface area contributed by atoms with Gasteiger partial charge in [0.05, 0.1) is 18.4 Å². The van der Waals surface area contributed by atoms with E-state index in [2.05, 4.69) is 10.1 Å². The van der Waals surface area contributed by atoms with Gasteiger partial charge in [0.25, 0.3) is 0 Å². The third kappa shape index (κ3) is 4.01. The lowest BCUT2D eigenvalue weighted by Crippen LogP contribution is -2.25. The van der Waals surface area contributed by atoms with E-state index >= 15 is 0 Å². The molecule has 0 spiro atoms. The number of aromatic nitrogens is 3. The average molecular weight is 402 g/mol. The van der Waals surface area contributed by atoms with Crippen molar-refractivity contribution >= 4 is 23.0 Å². The van der Waals surface area contributed by atoms with Crippen molar-refractivity contribution in [3.63, 3.8) is 0 Å². The molecule has 0 aliphatic carbocycles. The Morgan fingerprint density at radius 3 is 3.07 bits per heavy atom. The van der Waals surface area contributed by atoms with E-state index in [1.54, 1.807) is 41.2 Å². The van der Waals surface area contributed by atoms with E-state index in [0.29, 0.717) is 40.8 Å². The van der Waals surface area contributed by atoms with Crippen molar-refractivity contribution in [2.75, 3.05) is 13.2 Å². The Hall–Kier alpha value is -2.48. The second-order valence-corrected chi connectivity index (χ2v) is 7.50. The number of hydrogen-bond acceptors (Lipinski definition) is 6. The zero-order valence-corrected chi connectivity index (χ0v) is 16.3. The predicted molar refractivity (Wildman–Crippen MR) is 103 cm³/mol. The second kappa shape index (κ2) is 7.50. The lowest BCUT2D eigenvalue weighted by molar-refractivity contribution is -0.141. The standard InChI is InChI=1S/C20H20ClN3O4/c1-20(2)27-12-15(28-20)11-26-18-5-4-14(21)8-13(18)9-17(25)16-10-23-24-7-3-6-22-19(16)24/h3-8,10,15H,9,11-12H2,1-2H3/t15-/m0/s1. The Balaban J connectivity index is 1.51. The highest BCUT2D eigenvalue weighted by molar-refractivity contribution is 6.30. The minimum absolute atomic E-state index is 0.109. The number of benzene rings is 1. The van der Waals surface area contributed by atoms with E-state index < -0.39 is 5.79 Å². The lowest BCUT2D eigenvalue weighted by atomic mass is 10.0. The van der Waals surface area contributed by atoms with E-state index in [0.717, 1.165) is 0 Å². The van der Waals surface area contributed by atoms with Crippen LogP contribution in [0.4, 0.5) is 0 Å². The molecule has 1 atom stereocenters. The molecule has 3 aromatic rings. The number of fused-ring (bicyclic) bond motifs is 1. The molecule has 4 rings (SSSR count). The molecular weight excluding hydrogens is 382 g/mol. The summed E-state index contributed by atoms with van der Waals surface area (Å²) < 4.78 is 18.8. The van der Waals surface area contributed by atoms with Crippen LogP contribution in [0.2, 0.25) is 5.02 Å². The van der Waals surface area contributed by atoms with Crippen LogP contribution in [0.1, 0.15) is 29.8 Å². The maximum Gasteiger partial charge on any atom is 0.172 e. The predicted octanol–water partition coefficient (Wildman–Crippen LogP) is 3.34. The minimum atomic E-state index is -0.608. The first-order valence-corrected chi connectivity index (χ1v) is 9.34. The van der Waals surface area contributed by atoms with E-state index in [9.17, 15) is 4.79 Å². The van der Waals surface area contributed by atoms with Crippen LogP contribution in [0.25, 0.3) is 5.65 Å². The van der Waals surface area contributed by atoms with Crippen molar-refractivity contribution in [2.45, 2.75) is 32.2 Å².